The number of methoxy groups -OCH3 is 1. The number of ketones is 1. The van der Waals surface area contributed by atoms with E-state index in [4.69, 9.17) is 4.74 Å². The predicted octanol–water partition coefficient (Wildman–Crippen LogP) is 3.20. The van der Waals surface area contributed by atoms with E-state index in [0.29, 0.717) is 18.1 Å². The van der Waals surface area contributed by atoms with Crippen molar-refractivity contribution in [3.8, 4) is 0 Å². The molecule has 3 unspecified atom stereocenters. The van der Waals surface area contributed by atoms with Gasteiger partial charge in [0.25, 0.3) is 0 Å². The highest BCUT2D eigenvalue weighted by atomic mass is 16.5. The van der Waals surface area contributed by atoms with Crippen LogP contribution in [-0.2, 0) is 9.53 Å². The Morgan fingerprint density at radius 3 is 2.80 bits per heavy atom. The summed E-state index contributed by atoms with van der Waals surface area (Å²) in [5.41, 5.74) is 0. The van der Waals surface area contributed by atoms with Gasteiger partial charge in [-0.3, -0.25) is 4.79 Å². The van der Waals surface area contributed by atoms with Crippen LogP contribution in [0.1, 0.15) is 52.4 Å². The summed E-state index contributed by atoms with van der Waals surface area (Å²) < 4.78 is 5.14. The highest BCUT2D eigenvalue weighted by Gasteiger charge is 2.26. The SMILES string of the molecule is CCC1CCCC(C(=O)CC(C)OC)C1. The molecule has 0 saturated heterocycles. The molecule has 1 aliphatic rings. The lowest BCUT2D eigenvalue weighted by Crippen LogP contribution is -2.25. The van der Waals surface area contributed by atoms with Gasteiger partial charge in [0.05, 0.1) is 6.10 Å². The zero-order valence-corrected chi connectivity index (χ0v) is 10.3. The first-order valence-electron chi connectivity index (χ1n) is 6.22. The van der Waals surface area contributed by atoms with Crippen LogP contribution in [0.3, 0.4) is 0 Å². The molecule has 1 saturated carbocycles. The van der Waals surface area contributed by atoms with Gasteiger partial charge in [-0.05, 0) is 25.7 Å². The lowest BCUT2D eigenvalue weighted by Gasteiger charge is -2.28. The van der Waals surface area contributed by atoms with Crippen LogP contribution in [-0.4, -0.2) is 19.0 Å². The fraction of sp³-hybridized carbons (Fsp3) is 0.923. The minimum atomic E-state index is 0.0829. The molecule has 0 radical (unpaired) electrons. The van der Waals surface area contributed by atoms with Gasteiger partial charge in [-0.25, -0.2) is 0 Å². The van der Waals surface area contributed by atoms with Crippen molar-refractivity contribution in [2.24, 2.45) is 11.8 Å². The van der Waals surface area contributed by atoms with Crippen molar-refractivity contribution in [1.29, 1.82) is 0 Å². The lowest BCUT2D eigenvalue weighted by molar-refractivity contribution is -0.126. The van der Waals surface area contributed by atoms with Gasteiger partial charge in [0.2, 0.25) is 0 Å². The van der Waals surface area contributed by atoms with Gasteiger partial charge in [0.1, 0.15) is 5.78 Å². The molecule has 0 spiro atoms. The molecule has 1 rings (SSSR count). The van der Waals surface area contributed by atoms with Crippen molar-refractivity contribution in [3.05, 3.63) is 0 Å². The highest BCUT2D eigenvalue weighted by Crippen LogP contribution is 2.32. The monoisotopic (exact) mass is 212 g/mol. The molecule has 2 heteroatoms. The Kier molecular flexibility index (Phi) is 5.30. The first kappa shape index (κ1) is 12.7. The zero-order valence-electron chi connectivity index (χ0n) is 10.3. The van der Waals surface area contributed by atoms with Gasteiger partial charge in [-0.2, -0.15) is 0 Å². The number of Topliss-reactive ketones (excluding diaryl/α,β-unsaturated/α-hetero) is 1. The molecule has 0 amide bonds. The maximum absolute atomic E-state index is 11.9. The topological polar surface area (TPSA) is 26.3 Å². The molecule has 0 N–H and O–H groups in total. The molecule has 88 valence electrons. The van der Waals surface area contributed by atoms with Crippen molar-refractivity contribution in [2.75, 3.05) is 7.11 Å². The summed E-state index contributed by atoms with van der Waals surface area (Å²) in [5.74, 6) is 1.52. The Labute approximate surface area is 93.4 Å². The zero-order chi connectivity index (χ0) is 11.3. The van der Waals surface area contributed by atoms with Crippen molar-refractivity contribution in [3.63, 3.8) is 0 Å². The van der Waals surface area contributed by atoms with Crippen LogP contribution in [0.4, 0.5) is 0 Å². The molecule has 2 nitrogen and oxygen atoms in total. The molecule has 3 atom stereocenters. The molecule has 0 heterocycles. The van der Waals surface area contributed by atoms with Crippen molar-refractivity contribution in [2.45, 2.75) is 58.5 Å². The Hall–Kier alpha value is -0.370. The largest absolute Gasteiger partial charge is 0.381 e. The third-order valence-corrected chi connectivity index (χ3v) is 3.71. The first-order valence-corrected chi connectivity index (χ1v) is 6.22. The minimum absolute atomic E-state index is 0.0829. The number of hydrogen-bond donors (Lipinski definition) is 0. The molecular formula is C13H24O2. The molecule has 0 aliphatic heterocycles. The van der Waals surface area contributed by atoms with Crippen molar-refractivity contribution >= 4 is 5.78 Å². The molecule has 0 aromatic rings. The van der Waals surface area contributed by atoms with Gasteiger partial charge in [-0.15, -0.1) is 0 Å². The minimum Gasteiger partial charge on any atom is -0.381 e. The number of ether oxygens (including phenoxy) is 1. The quantitative estimate of drug-likeness (QED) is 0.699. The normalized spacial score (nSPS) is 28.7. The second kappa shape index (κ2) is 6.26. The summed E-state index contributed by atoms with van der Waals surface area (Å²) in [4.78, 5) is 11.9. The van der Waals surface area contributed by atoms with Crippen molar-refractivity contribution in [1.82, 2.24) is 0 Å². The molecule has 0 aromatic carbocycles. The number of rotatable bonds is 5. The van der Waals surface area contributed by atoms with E-state index in [2.05, 4.69) is 6.92 Å². The number of carbonyl (C=O) groups excluding carboxylic acids is 1. The van der Waals surface area contributed by atoms with E-state index >= 15 is 0 Å². The molecule has 15 heavy (non-hydrogen) atoms. The highest BCUT2D eigenvalue weighted by molar-refractivity contribution is 5.81. The van der Waals surface area contributed by atoms with E-state index in [1.54, 1.807) is 7.11 Å². The van der Waals surface area contributed by atoms with Gasteiger partial charge in [0, 0.05) is 19.4 Å². The first-order chi connectivity index (χ1) is 7.17. The standard InChI is InChI=1S/C13H24O2/c1-4-11-6-5-7-12(9-11)13(14)8-10(2)15-3/h10-12H,4-9H2,1-3H3. The summed E-state index contributed by atoms with van der Waals surface area (Å²) >= 11 is 0. The number of hydrogen-bond acceptors (Lipinski definition) is 2. The molecule has 0 bridgehead atoms. The van der Waals surface area contributed by atoms with Gasteiger partial charge >= 0.3 is 0 Å². The van der Waals surface area contributed by atoms with Crippen LogP contribution < -0.4 is 0 Å². The molecule has 1 aliphatic carbocycles. The van der Waals surface area contributed by atoms with E-state index < -0.39 is 0 Å². The lowest BCUT2D eigenvalue weighted by atomic mass is 9.77. The third kappa shape index (κ3) is 3.94. The van der Waals surface area contributed by atoms with Crippen molar-refractivity contribution < 1.29 is 9.53 Å². The molecular weight excluding hydrogens is 188 g/mol. The van der Waals surface area contributed by atoms with E-state index in [1.807, 2.05) is 6.92 Å². The Balaban J connectivity index is 2.38. The van der Waals surface area contributed by atoms with Gasteiger partial charge in [0.15, 0.2) is 0 Å². The maximum Gasteiger partial charge on any atom is 0.138 e. The van der Waals surface area contributed by atoms with E-state index in [1.165, 1.54) is 19.3 Å². The van der Waals surface area contributed by atoms with E-state index in [9.17, 15) is 4.79 Å². The van der Waals surface area contributed by atoms with Crippen LogP contribution in [0.5, 0.6) is 0 Å². The maximum atomic E-state index is 11.9. The van der Waals surface area contributed by atoms with Crippen LogP contribution in [0.25, 0.3) is 0 Å². The van der Waals surface area contributed by atoms with Gasteiger partial charge < -0.3 is 4.74 Å². The third-order valence-electron chi connectivity index (χ3n) is 3.71. The fourth-order valence-corrected chi connectivity index (χ4v) is 2.49. The predicted molar refractivity (Wildman–Crippen MR) is 61.8 cm³/mol. The Morgan fingerprint density at radius 2 is 2.20 bits per heavy atom. The smallest absolute Gasteiger partial charge is 0.138 e. The average Bonchev–Trinajstić information content (AvgIpc) is 2.28. The Morgan fingerprint density at radius 1 is 1.47 bits per heavy atom. The summed E-state index contributed by atoms with van der Waals surface area (Å²) in [7, 11) is 1.67. The average molecular weight is 212 g/mol. The van der Waals surface area contributed by atoms with Crippen LogP contribution in [0.15, 0.2) is 0 Å². The summed E-state index contributed by atoms with van der Waals surface area (Å²) in [5, 5.41) is 0. The summed E-state index contributed by atoms with van der Waals surface area (Å²) in [6.07, 6.45) is 6.68. The second-order valence-electron chi connectivity index (χ2n) is 4.85. The molecule has 1 fully saturated rings. The Bertz CT molecular complexity index is 201. The summed E-state index contributed by atoms with van der Waals surface area (Å²) in [6, 6.07) is 0. The fourth-order valence-electron chi connectivity index (χ4n) is 2.49. The van der Waals surface area contributed by atoms with E-state index in [-0.39, 0.29) is 6.10 Å². The second-order valence-corrected chi connectivity index (χ2v) is 4.85. The summed E-state index contributed by atoms with van der Waals surface area (Å²) in [6.45, 7) is 4.20. The van der Waals surface area contributed by atoms with Gasteiger partial charge in [-0.1, -0.05) is 26.2 Å². The van der Waals surface area contributed by atoms with Crippen LogP contribution in [0.2, 0.25) is 0 Å². The number of carbonyl (C=O) groups is 1. The van der Waals surface area contributed by atoms with Crippen LogP contribution in [0, 0.1) is 11.8 Å². The van der Waals surface area contributed by atoms with Crippen LogP contribution >= 0.6 is 0 Å². The van der Waals surface area contributed by atoms with E-state index in [0.717, 1.165) is 18.8 Å². The molecule has 0 aromatic heterocycles.